The topological polar surface area (TPSA) is 61.8 Å². The Balaban J connectivity index is 1.79. The summed E-state index contributed by atoms with van der Waals surface area (Å²) in [6.45, 7) is 2.02. The summed E-state index contributed by atoms with van der Waals surface area (Å²) in [5.41, 5.74) is 0.419. The van der Waals surface area contributed by atoms with Crippen LogP contribution in [0.3, 0.4) is 0 Å². The summed E-state index contributed by atoms with van der Waals surface area (Å²) < 4.78 is 32.3. The highest BCUT2D eigenvalue weighted by molar-refractivity contribution is 5.97. The number of methoxy groups -OCH3 is 1. The molecule has 1 aliphatic heterocycles. The van der Waals surface area contributed by atoms with Crippen LogP contribution >= 0.6 is 0 Å². The standard InChI is InChI=1S/C20H22F2N2O3/c1-27-15-6-4-5-13(9-15)17(24-7-2-3-8-24)12-23-20(26)19-16(22)10-14(21)11-18(19)25/h4-6,9-11,17,25H,2-3,7-8,12H2,1H3,(H,23,26). The molecule has 0 aromatic heterocycles. The number of benzene rings is 2. The van der Waals surface area contributed by atoms with E-state index < -0.39 is 28.9 Å². The van der Waals surface area contributed by atoms with Crippen molar-refractivity contribution >= 4 is 5.91 Å². The third-order valence-electron chi connectivity index (χ3n) is 4.78. The van der Waals surface area contributed by atoms with Crippen LogP contribution in [0.2, 0.25) is 0 Å². The van der Waals surface area contributed by atoms with E-state index in [2.05, 4.69) is 10.2 Å². The number of phenolic OH excluding ortho intramolecular Hbond substituents is 1. The summed E-state index contributed by atoms with van der Waals surface area (Å²) in [7, 11) is 1.59. The van der Waals surface area contributed by atoms with Crippen molar-refractivity contribution in [2.24, 2.45) is 0 Å². The van der Waals surface area contributed by atoms with Gasteiger partial charge in [0.15, 0.2) is 0 Å². The van der Waals surface area contributed by atoms with Gasteiger partial charge in [0.05, 0.1) is 13.2 Å². The Morgan fingerprint density at radius 1 is 1.26 bits per heavy atom. The quantitative estimate of drug-likeness (QED) is 0.813. The molecule has 1 saturated heterocycles. The Bertz CT molecular complexity index is 800. The molecule has 1 heterocycles. The summed E-state index contributed by atoms with van der Waals surface area (Å²) in [4.78, 5) is 14.6. The molecule has 2 N–H and O–H groups in total. The second-order valence-electron chi connectivity index (χ2n) is 6.53. The molecule has 1 fully saturated rings. The Morgan fingerprint density at radius 2 is 2.00 bits per heavy atom. The molecule has 1 atom stereocenters. The summed E-state index contributed by atoms with van der Waals surface area (Å²) in [5, 5.41) is 12.4. The zero-order chi connectivity index (χ0) is 19.4. The van der Waals surface area contributed by atoms with E-state index in [9.17, 15) is 18.7 Å². The zero-order valence-electron chi connectivity index (χ0n) is 15.0. The van der Waals surface area contributed by atoms with Gasteiger partial charge in [0.2, 0.25) is 0 Å². The molecule has 2 aromatic carbocycles. The first-order chi connectivity index (χ1) is 13.0. The van der Waals surface area contributed by atoms with Crippen LogP contribution in [0.25, 0.3) is 0 Å². The average Bonchev–Trinajstić information content (AvgIpc) is 3.15. The Kier molecular flexibility index (Phi) is 5.91. The maximum atomic E-state index is 13.9. The van der Waals surface area contributed by atoms with E-state index in [-0.39, 0.29) is 12.6 Å². The van der Waals surface area contributed by atoms with Gasteiger partial charge in [-0.2, -0.15) is 0 Å². The number of nitrogens with zero attached hydrogens (tertiary/aromatic N) is 1. The summed E-state index contributed by atoms with van der Waals surface area (Å²) >= 11 is 0. The number of carbonyl (C=O) groups excluding carboxylic acids is 1. The molecule has 0 spiro atoms. The SMILES string of the molecule is COc1cccc(C(CNC(=O)c2c(O)cc(F)cc2F)N2CCCC2)c1. The van der Waals surface area contributed by atoms with Crippen molar-refractivity contribution in [2.75, 3.05) is 26.7 Å². The minimum Gasteiger partial charge on any atom is -0.507 e. The molecular formula is C20H22F2N2O3. The number of carbonyl (C=O) groups is 1. The van der Waals surface area contributed by atoms with Gasteiger partial charge in [-0.25, -0.2) is 8.78 Å². The van der Waals surface area contributed by atoms with E-state index in [0.717, 1.165) is 37.6 Å². The highest BCUT2D eigenvalue weighted by Crippen LogP contribution is 2.28. The molecule has 0 aliphatic carbocycles. The van der Waals surface area contributed by atoms with Crippen LogP contribution in [0, 0.1) is 11.6 Å². The van der Waals surface area contributed by atoms with Crippen molar-refractivity contribution in [1.82, 2.24) is 10.2 Å². The van der Waals surface area contributed by atoms with Crippen LogP contribution in [-0.2, 0) is 0 Å². The number of aromatic hydroxyl groups is 1. The molecular weight excluding hydrogens is 354 g/mol. The molecule has 2 aromatic rings. The maximum Gasteiger partial charge on any atom is 0.258 e. The molecule has 1 unspecified atom stereocenters. The van der Waals surface area contributed by atoms with Crippen molar-refractivity contribution in [1.29, 1.82) is 0 Å². The molecule has 5 nitrogen and oxygen atoms in total. The third-order valence-corrected chi connectivity index (χ3v) is 4.78. The second kappa shape index (κ2) is 8.35. The first kappa shape index (κ1) is 19.1. The predicted molar refractivity (Wildman–Crippen MR) is 96.9 cm³/mol. The predicted octanol–water partition coefficient (Wildman–Crippen LogP) is 3.25. The molecule has 1 aliphatic rings. The van der Waals surface area contributed by atoms with E-state index in [4.69, 9.17) is 4.74 Å². The van der Waals surface area contributed by atoms with E-state index in [1.54, 1.807) is 7.11 Å². The smallest absolute Gasteiger partial charge is 0.258 e. The number of halogens is 2. The highest BCUT2D eigenvalue weighted by atomic mass is 19.1. The first-order valence-corrected chi connectivity index (χ1v) is 8.84. The lowest BCUT2D eigenvalue weighted by Gasteiger charge is -2.28. The van der Waals surface area contributed by atoms with E-state index in [0.29, 0.717) is 11.8 Å². The van der Waals surface area contributed by atoms with Crippen molar-refractivity contribution in [3.8, 4) is 11.5 Å². The van der Waals surface area contributed by atoms with Crippen LogP contribution in [-0.4, -0.2) is 42.7 Å². The highest BCUT2D eigenvalue weighted by Gasteiger charge is 2.26. The number of nitrogens with one attached hydrogen (secondary N) is 1. The van der Waals surface area contributed by atoms with Gasteiger partial charge in [-0.3, -0.25) is 9.69 Å². The summed E-state index contributed by atoms with van der Waals surface area (Å²) in [6, 6.07) is 8.77. The van der Waals surface area contributed by atoms with Gasteiger partial charge in [0, 0.05) is 18.7 Å². The Morgan fingerprint density at radius 3 is 2.67 bits per heavy atom. The fraction of sp³-hybridized carbons (Fsp3) is 0.350. The molecule has 27 heavy (non-hydrogen) atoms. The van der Waals surface area contributed by atoms with Gasteiger partial charge in [-0.1, -0.05) is 12.1 Å². The van der Waals surface area contributed by atoms with Crippen molar-refractivity contribution in [3.05, 3.63) is 59.2 Å². The van der Waals surface area contributed by atoms with Gasteiger partial charge in [0.1, 0.15) is 28.7 Å². The molecule has 1 amide bonds. The van der Waals surface area contributed by atoms with Crippen molar-refractivity contribution in [3.63, 3.8) is 0 Å². The molecule has 0 saturated carbocycles. The van der Waals surface area contributed by atoms with Gasteiger partial charge >= 0.3 is 0 Å². The maximum absolute atomic E-state index is 13.9. The number of rotatable bonds is 6. The minimum absolute atomic E-state index is 0.114. The zero-order valence-corrected chi connectivity index (χ0v) is 15.0. The normalized spacial score (nSPS) is 15.5. The van der Waals surface area contributed by atoms with E-state index >= 15 is 0 Å². The van der Waals surface area contributed by atoms with Crippen LogP contribution < -0.4 is 10.1 Å². The lowest BCUT2D eigenvalue weighted by Crippen LogP contribution is -2.37. The lowest BCUT2D eigenvalue weighted by atomic mass is 10.0. The van der Waals surface area contributed by atoms with Gasteiger partial charge < -0.3 is 15.2 Å². The largest absolute Gasteiger partial charge is 0.507 e. The number of ether oxygens (including phenoxy) is 1. The second-order valence-corrected chi connectivity index (χ2v) is 6.53. The monoisotopic (exact) mass is 376 g/mol. The van der Waals surface area contributed by atoms with Gasteiger partial charge in [-0.05, 0) is 43.6 Å². The number of likely N-dealkylation sites (tertiary alicyclic amines) is 1. The van der Waals surface area contributed by atoms with Crippen LogP contribution in [0.5, 0.6) is 11.5 Å². The van der Waals surface area contributed by atoms with Crippen LogP contribution in [0.1, 0.15) is 34.8 Å². The number of amides is 1. The molecule has 0 radical (unpaired) electrons. The third kappa shape index (κ3) is 4.36. The first-order valence-electron chi connectivity index (χ1n) is 8.84. The average molecular weight is 376 g/mol. The summed E-state index contributed by atoms with van der Waals surface area (Å²) in [5.74, 6) is -2.82. The van der Waals surface area contributed by atoms with E-state index in [1.165, 1.54) is 0 Å². The number of hydrogen-bond donors (Lipinski definition) is 2. The van der Waals surface area contributed by atoms with Gasteiger partial charge in [-0.15, -0.1) is 0 Å². The molecule has 7 heteroatoms. The minimum atomic E-state index is -1.09. The molecule has 0 bridgehead atoms. The fourth-order valence-corrected chi connectivity index (χ4v) is 3.42. The van der Waals surface area contributed by atoms with E-state index in [1.807, 2.05) is 24.3 Å². The molecule has 3 rings (SSSR count). The van der Waals surface area contributed by atoms with Gasteiger partial charge in [0.25, 0.3) is 5.91 Å². The fourth-order valence-electron chi connectivity index (χ4n) is 3.42. The number of phenols is 1. The lowest BCUT2D eigenvalue weighted by molar-refractivity contribution is 0.0931. The van der Waals surface area contributed by atoms with Crippen molar-refractivity contribution < 1.29 is 23.4 Å². The summed E-state index contributed by atoms with van der Waals surface area (Å²) in [6.07, 6.45) is 2.14. The van der Waals surface area contributed by atoms with Crippen LogP contribution in [0.15, 0.2) is 36.4 Å². The van der Waals surface area contributed by atoms with Crippen molar-refractivity contribution in [2.45, 2.75) is 18.9 Å². The Hall–Kier alpha value is -2.67. The Labute approximate surface area is 156 Å². The number of hydrogen-bond acceptors (Lipinski definition) is 4. The molecule has 144 valence electrons. The van der Waals surface area contributed by atoms with Crippen LogP contribution in [0.4, 0.5) is 8.78 Å².